The predicted octanol–water partition coefficient (Wildman–Crippen LogP) is 2.00. The minimum absolute atomic E-state index is 0.266. The minimum atomic E-state index is -3.45. The summed E-state index contributed by atoms with van der Waals surface area (Å²) < 4.78 is 35.7. The summed E-state index contributed by atoms with van der Waals surface area (Å²) in [7, 11) is -2.01. The Balaban J connectivity index is 1.88. The molecule has 0 radical (unpaired) electrons. The van der Waals surface area contributed by atoms with E-state index in [4.69, 9.17) is 9.47 Å². The molecule has 1 fully saturated rings. The lowest BCUT2D eigenvalue weighted by Gasteiger charge is -2.22. The van der Waals surface area contributed by atoms with Crippen LogP contribution in [0.5, 0.6) is 5.75 Å². The van der Waals surface area contributed by atoms with Gasteiger partial charge in [-0.25, -0.2) is 13.2 Å². The van der Waals surface area contributed by atoms with Crippen LogP contribution in [0.1, 0.15) is 19.3 Å². The van der Waals surface area contributed by atoms with Crippen molar-refractivity contribution >= 4 is 27.4 Å². The number of ether oxygens (including phenoxy) is 2. The van der Waals surface area contributed by atoms with Crippen molar-refractivity contribution in [1.82, 2.24) is 5.32 Å². The molecular formula is C16H25N3O5S. The quantitative estimate of drug-likeness (QED) is 0.680. The fourth-order valence-electron chi connectivity index (χ4n) is 2.67. The third-order valence-electron chi connectivity index (χ3n) is 3.85. The second kappa shape index (κ2) is 8.91. The average molecular weight is 371 g/mol. The number of sulfonamides is 1. The zero-order valence-corrected chi connectivity index (χ0v) is 15.3. The van der Waals surface area contributed by atoms with E-state index in [-0.39, 0.29) is 11.7 Å². The van der Waals surface area contributed by atoms with Crippen molar-refractivity contribution in [2.24, 2.45) is 5.92 Å². The number of amides is 2. The Bertz CT molecular complexity index is 687. The number of benzene rings is 1. The molecule has 1 atom stereocenters. The number of nitrogens with one attached hydrogen (secondary N) is 3. The summed E-state index contributed by atoms with van der Waals surface area (Å²) in [6.07, 6.45) is 4.12. The van der Waals surface area contributed by atoms with Gasteiger partial charge in [-0.3, -0.25) is 4.72 Å². The Morgan fingerprint density at radius 1 is 1.40 bits per heavy atom. The van der Waals surface area contributed by atoms with E-state index in [0.29, 0.717) is 23.9 Å². The van der Waals surface area contributed by atoms with Crippen LogP contribution in [0.2, 0.25) is 0 Å². The first-order chi connectivity index (χ1) is 11.9. The van der Waals surface area contributed by atoms with Crippen LogP contribution in [-0.4, -0.2) is 47.6 Å². The molecule has 1 aliphatic rings. The highest BCUT2D eigenvalue weighted by molar-refractivity contribution is 7.92. The topological polar surface area (TPSA) is 106 Å². The lowest BCUT2D eigenvalue weighted by atomic mass is 9.99. The Morgan fingerprint density at radius 3 is 2.84 bits per heavy atom. The summed E-state index contributed by atoms with van der Waals surface area (Å²) >= 11 is 0. The van der Waals surface area contributed by atoms with Crippen molar-refractivity contribution in [2.45, 2.75) is 19.3 Å². The Labute approximate surface area is 148 Å². The molecule has 1 aromatic rings. The second-order valence-corrected chi connectivity index (χ2v) is 7.79. The van der Waals surface area contributed by atoms with Crippen LogP contribution in [0.3, 0.4) is 0 Å². The number of hydrogen-bond acceptors (Lipinski definition) is 5. The molecule has 0 unspecified atom stereocenters. The van der Waals surface area contributed by atoms with Crippen LogP contribution < -0.4 is 20.1 Å². The molecule has 1 aliphatic heterocycles. The number of anilines is 2. The van der Waals surface area contributed by atoms with Gasteiger partial charge >= 0.3 is 6.03 Å². The molecule has 0 saturated carbocycles. The van der Waals surface area contributed by atoms with E-state index in [9.17, 15) is 13.2 Å². The molecular weight excluding hydrogens is 346 g/mol. The van der Waals surface area contributed by atoms with Gasteiger partial charge in [-0.15, -0.1) is 0 Å². The molecule has 0 spiro atoms. The van der Waals surface area contributed by atoms with E-state index in [2.05, 4.69) is 15.4 Å². The SMILES string of the molecule is COc1ccc(NC(=O)NCC[C@@H]2CCCOC2)cc1NS(C)(=O)=O. The molecule has 0 bridgehead atoms. The molecule has 8 nitrogen and oxygen atoms in total. The van der Waals surface area contributed by atoms with Gasteiger partial charge in [0.2, 0.25) is 10.0 Å². The number of carbonyl (C=O) groups is 1. The maximum atomic E-state index is 12.0. The van der Waals surface area contributed by atoms with Crippen LogP contribution in [0.4, 0.5) is 16.2 Å². The molecule has 9 heteroatoms. The highest BCUT2D eigenvalue weighted by atomic mass is 32.2. The van der Waals surface area contributed by atoms with Gasteiger partial charge in [-0.2, -0.15) is 0 Å². The first-order valence-corrected chi connectivity index (χ1v) is 10.0. The fraction of sp³-hybridized carbons (Fsp3) is 0.562. The number of rotatable bonds is 7. The Morgan fingerprint density at radius 2 is 2.20 bits per heavy atom. The summed E-state index contributed by atoms with van der Waals surface area (Å²) in [4.78, 5) is 12.0. The van der Waals surface area contributed by atoms with Gasteiger partial charge in [0.1, 0.15) is 5.75 Å². The molecule has 25 heavy (non-hydrogen) atoms. The van der Waals surface area contributed by atoms with Gasteiger partial charge in [0, 0.05) is 25.4 Å². The van der Waals surface area contributed by atoms with E-state index >= 15 is 0 Å². The van der Waals surface area contributed by atoms with Crippen molar-refractivity contribution in [3.05, 3.63) is 18.2 Å². The largest absolute Gasteiger partial charge is 0.495 e. The zero-order valence-electron chi connectivity index (χ0n) is 14.5. The third kappa shape index (κ3) is 6.79. The number of carbonyl (C=O) groups excluding carboxylic acids is 1. The van der Waals surface area contributed by atoms with Gasteiger partial charge in [0.15, 0.2) is 0 Å². The predicted molar refractivity (Wildman–Crippen MR) is 96.6 cm³/mol. The monoisotopic (exact) mass is 371 g/mol. The molecule has 2 rings (SSSR count). The average Bonchev–Trinajstić information content (AvgIpc) is 2.54. The van der Waals surface area contributed by atoms with E-state index < -0.39 is 10.0 Å². The maximum absolute atomic E-state index is 12.0. The normalized spacial score (nSPS) is 17.6. The molecule has 3 N–H and O–H groups in total. The molecule has 1 aromatic carbocycles. The zero-order chi connectivity index (χ0) is 18.3. The lowest BCUT2D eigenvalue weighted by molar-refractivity contribution is 0.0520. The first-order valence-electron chi connectivity index (χ1n) is 8.16. The number of methoxy groups -OCH3 is 1. The van der Waals surface area contributed by atoms with Crippen LogP contribution in [0.15, 0.2) is 18.2 Å². The van der Waals surface area contributed by atoms with Crippen molar-refractivity contribution in [3.63, 3.8) is 0 Å². The Hall–Kier alpha value is -2.00. The van der Waals surface area contributed by atoms with Crippen molar-refractivity contribution in [2.75, 3.05) is 43.2 Å². The molecule has 0 aromatic heterocycles. The van der Waals surface area contributed by atoms with Gasteiger partial charge < -0.3 is 20.1 Å². The molecule has 1 saturated heterocycles. The van der Waals surface area contributed by atoms with Crippen LogP contribution >= 0.6 is 0 Å². The summed E-state index contributed by atoms with van der Waals surface area (Å²) in [6, 6.07) is 4.39. The lowest BCUT2D eigenvalue weighted by Crippen LogP contribution is -2.31. The van der Waals surface area contributed by atoms with Gasteiger partial charge in [-0.1, -0.05) is 0 Å². The smallest absolute Gasteiger partial charge is 0.319 e. The van der Waals surface area contributed by atoms with Crippen LogP contribution in [-0.2, 0) is 14.8 Å². The van der Waals surface area contributed by atoms with E-state index in [1.165, 1.54) is 13.2 Å². The number of hydrogen-bond donors (Lipinski definition) is 3. The third-order valence-corrected chi connectivity index (χ3v) is 4.44. The summed E-state index contributed by atoms with van der Waals surface area (Å²) in [6.45, 7) is 2.14. The van der Waals surface area contributed by atoms with Crippen molar-refractivity contribution < 1.29 is 22.7 Å². The van der Waals surface area contributed by atoms with Gasteiger partial charge in [0.25, 0.3) is 0 Å². The summed E-state index contributed by atoms with van der Waals surface area (Å²) in [5, 5.41) is 5.48. The summed E-state index contributed by atoms with van der Waals surface area (Å²) in [5.41, 5.74) is 0.729. The molecule has 2 amide bonds. The summed E-state index contributed by atoms with van der Waals surface area (Å²) in [5.74, 6) is 0.856. The minimum Gasteiger partial charge on any atom is -0.495 e. The van der Waals surface area contributed by atoms with Crippen LogP contribution in [0, 0.1) is 5.92 Å². The molecule has 0 aliphatic carbocycles. The van der Waals surface area contributed by atoms with Gasteiger partial charge in [-0.05, 0) is 43.4 Å². The maximum Gasteiger partial charge on any atom is 0.319 e. The first kappa shape index (κ1) is 19.3. The molecule has 1 heterocycles. The van der Waals surface area contributed by atoms with Crippen molar-refractivity contribution in [3.8, 4) is 5.75 Å². The highest BCUT2D eigenvalue weighted by Gasteiger charge is 2.14. The highest BCUT2D eigenvalue weighted by Crippen LogP contribution is 2.28. The Kier molecular flexibility index (Phi) is 6.89. The van der Waals surface area contributed by atoms with E-state index in [0.717, 1.165) is 38.7 Å². The molecule has 140 valence electrons. The van der Waals surface area contributed by atoms with Crippen LogP contribution in [0.25, 0.3) is 0 Å². The number of urea groups is 1. The fourth-order valence-corrected chi connectivity index (χ4v) is 3.22. The van der Waals surface area contributed by atoms with E-state index in [1.807, 2.05) is 0 Å². The van der Waals surface area contributed by atoms with Crippen molar-refractivity contribution in [1.29, 1.82) is 0 Å². The standard InChI is InChI=1S/C16H25N3O5S/c1-23-15-6-5-13(10-14(15)19-25(2,21)22)18-16(20)17-8-7-12-4-3-9-24-11-12/h5-6,10,12,19H,3-4,7-9,11H2,1-2H3,(H2,17,18,20)/t12-/m0/s1. The second-order valence-electron chi connectivity index (χ2n) is 6.04. The van der Waals surface area contributed by atoms with Gasteiger partial charge in [0.05, 0.1) is 19.1 Å². The van der Waals surface area contributed by atoms with E-state index in [1.54, 1.807) is 12.1 Å².